The molecule has 360 valence electrons. The zero-order valence-corrected chi connectivity index (χ0v) is 40.8. The first-order valence-corrected chi connectivity index (χ1v) is 23.1. The van der Waals surface area contributed by atoms with Crippen molar-refractivity contribution in [3.63, 3.8) is 0 Å². The minimum Gasteiger partial charge on any atom is -0.348 e. The predicted octanol–water partition coefficient (Wildman–Crippen LogP) is 6.52. The van der Waals surface area contributed by atoms with Gasteiger partial charge in [-0.2, -0.15) is 0 Å². The SMILES string of the molecule is CNCC(=O)NC(CCCCCC[C@H](NC(=O)[C@H](C)NC)C(=O)N1c2ccccc2C[C@H]1C(=O)N[C@H](C)c1ccccc1)C(=O)N1c2ccccc2C[C@H]1C(=O)C[C@H](C)c1ccccc1.Cl.Cl. The molecule has 4 aromatic rings. The van der Waals surface area contributed by atoms with Crippen molar-refractivity contribution in [2.45, 2.75) is 121 Å². The number of likely N-dealkylation sites (N-methyl/N-ethyl adjacent to an activating group) is 2. The van der Waals surface area contributed by atoms with Crippen LogP contribution < -0.4 is 36.4 Å². The molecule has 2 aliphatic heterocycles. The summed E-state index contributed by atoms with van der Waals surface area (Å²) in [6.07, 6.45) is 4.19. The molecule has 0 aromatic heterocycles. The van der Waals surface area contributed by atoms with Gasteiger partial charge in [0.05, 0.1) is 24.7 Å². The van der Waals surface area contributed by atoms with Gasteiger partial charge in [0.2, 0.25) is 29.5 Å². The molecule has 0 fully saturated rings. The number of carbonyl (C=O) groups excluding carboxylic acids is 6. The molecule has 0 aliphatic carbocycles. The monoisotopic (exact) mass is 955 g/mol. The lowest BCUT2D eigenvalue weighted by atomic mass is 9.92. The molecule has 0 bridgehead atoms. The second kappa shape index (κ2) is 26.1. The molecular formula is C52H67Cl2N7O6. The Morgan fingerprint density at radius 3 is 1.60 bits per heavy atom. The van der Waals surface area contributed by atoms with Crippen LogP contribution in [0.3, 0.4) is 0 Å². The lowest BCUT2D eigenvalue weighted by Crippen LogP contribution is -2.56. The smallest absolute Gasteiger partial charge is 0.250 e. The minimum absolute atomic E-state index is 0. The van der Waals surface area contributed by atoms with Crippen LogP contribution in [-0.2, 0) is 41.6 Å². The van der Waals surface area contributed by atoms with E-state index in [9.17, 15) is 28.8 Å². The lowest BCUT2D eigenvalue weighted by Gasteiger charge is -2.31. The first-order valence-electron chi connectivity index (χ1n) is 23.1. The molecule has 6 rings (SSSR count). The Morgan fingerprint density at radius 1 is 0.582 bits per heavy atom. The summed E-state index contributed by atoms with van der Waals surface area (Å²) in [6, 6.07) is 30.5. The summed E-state index contributed by atoms with van der Waals surface area (Å²) in [7, 11) is 3.34. The van der Waals surface area contributed by atoms with E-state index in [-0.39, 0.29) is 85.1 Å². The number of anilines is 2. The summed E-state index contributed by atoms with van der Waals surface area (Å²) in [5, 5.41) is 14.8. The Bertz CT molecular complexity index is 2280. The van der Waals surface area contributed by atoms with E-state index in [4.69, 9.17) is 0 Å². The van der Waals surface area contributed by atoms with E-state index in [1.165, 1.54) is 0 Å². The Labute approximate surface area is 407 Å². The van der Waals surface area contributed by atoms with Crippen molar-refractivity contribution in [2.75, 3.05) is 30.4 Å². The quantitative estimate of drug-likeness (QED) is 0.0555. The maximum Gasteiger partial charge on any atom is 0.250 e. The van der Waals surface area contributed by atoms with Crippen molar-refractivity contribution in [3.05, 3.63) is 131 Å². The summed E-state index contributed by atoms with van der Waals surface area (Å²) in [5.74, 6) is -1.67. The van der Waals surface area contributed by atoms with Crippen LogP contribution >= 0.6 is 24.8 Å². The van der Waals surface area contributed by atoms with Crippen molar-refractivity contribution >= 4 is 71.5 Å². The number of amides is 5. The largest absolute Gasteiger partial charge is 0.348 e. The lowest BCUT2D eigenvalue weighted by molar-refractivity contribution is -0.130. The maximum absolute atomic E-state index is 14.7. The second-order valence-electron chi connectivity index (χ2n) is 17.5. The van der Waals surface area contributed by atoms with Crippen LogP contribution in [0.15, 0.2) is 109 Å². The fourth-order valence-electron chi connectivity index (χ4n) is 8.99. The number of fused-ring (bicyclic) bond motifs is 2. The molecule has 5 N–H and O–H groups in total. The van der Waals surface area contributed by atoms with Crippen molar-refractivity contribution in [2.24, 2.45) is 0 Å². The fourth-order valence-corrected chi connectivity index (χ4v) is 8.99. The number of hydrogen-bond acceptors (Lipinski definition) is 8. The van der Waals surface area contributed by atoms with Crippen molar-refractivity contribution in [3.8, 4) is 0 Å². The van der Waals surface area contributed by atoms with Gasteiger partial charge >= 0.3 is 0 Å². The molecule has 0 saturated heterocycles. The highest BCUT2D eigenvalue weighted by Crippen LogP contribution is 2.36. The molecule has 2 heterocycles. The number of rotatable bonds is 22. The van der Waals surface area contributed by atoms with E-state index in [1.807, 2.05) is 123 Å². The summed E-state index contributed by atoms with van der Waals surface area (Å²) in [5.41, 5.74) is 5.13. The standard InChI is InChI=1S/C52H65N7O6.2ClH/c1-34(37-20-10-8-11-21-37)30-47(60)45-31-39-24-16-18-28-43(39)58(45)51(64)41(56-48(61)33-53-4)26-14-6-7-15-27-42(57-49(62)36(3)54-5)52(65)59-44-29-19-17-25-40(44)32-46(59)50(63)55-35(2)38-22-12-9-13-23-38;;/h8-13,16-25,28-29,34-36,41-42,45-46,53-54H,6-7,14-15,26-27,30-33H2,1-5H3,(H,55,63)(H,56,61)(H,57,62);2*1H/t34-,35+,36-,41?,42-,45-,46-;;/m0../s1. The molecule has 0 radical (unpaired) electrons. The summed E-state index contributed by atoms with van der Waals surface area (Å²) in [4.78, 5) is 86.8. The van der Waals surface area contributed by atoms with Crippen molar-refractivity contribution in [1.82, 2.24) is 26.6 Å². The molecule has 0 spiro atoms. The predicted molar refractivity (Wildman–Crippen MR) is 269 cm³/mol. The van der Waals surface area contributed by atoms with Crippen LogP contribution in [0.1, 0.15) is 99.9 Å². The number of halogens is 2. The molecule has 4 aromatic carbocycles. The fraction of sp³-hybridized carbons (Fsp3) is 0.423. The minimum atomic E-state index is -0.907. The first kappa shape index (κ1) is 54.0. The van der Waals surface area contributed by atoms with E-state index < -0.39 is 30.2 Å². The van der Waals surface area contributed by atoms with Crippen LogP contribution in [0, 0.1) is 0 Å². The molecule has 67 heavy (non-hydrogen) atoms. The van der Waals surface area contributed by atoms with Crippen LogP contribution in [0.25, 0.3) is 0 Å². The molecule has 1 unspecified atom stereocenters. The van der Waals surface area contributed by atoms with Gasteiger partial charge in [-0.3, -0.25) is 38.6 Å². The van der Waals surface area contributed by atoms with Crippen LogP contribution in [0.4, 0.5) is 11.4 Å². The van der Waals surface area contributed by atoms with Gasteiger partial charge in [-0.25, -0.2) is 0 Å². The van der Waals surface area contributed by atoms with Crippen LogP contribution in [0.5, 0.6) is 0 Å². The van der Waals surface area contributed by atoms with E-state index in [1.54, 1.807) is 30.8 Å². The third kappa shape index (κ3) is 13.7. The zero-order chi connectivity index (χ0) is 46.5. The third-order valence-corrected chi connectivity index (χ3v) is 12.8. The number of nitrogens with one attached hydrogen (secondary N) is 5. The number of Topliss-reactive ketones (excluding diaryl/α,β-unsaturated/α-hetero) is 1. The Kier molecular flexibility index (Phi) is 21.0. The summed E-state index contributed by atoms with van der Waals surface area (Å²) >= 11 is 0. The number of hydrogen-bond donors (Lipinski definition) is 5. The molecular weight excluding hydrogens is 890 g/mol. The van der Waals surface area contributed by atoms with Gasteiger partial charge in [0.15, 0.2) is 5.78 Å². The van der Waals surface area contributed by atoms with Crippen LogP contribution in [0.2, 0.25) is 0 Å². The molecule has 13 nitrogen and oxygen atoms in total. The van der Waals surface area contributed by atoms with E-state index >= 15 is 0 Å². The summed E-state index contributed by atoms with van der Waals surface area (Å²) in [6.45, 7) is 5.68. The number of para-hydroxylation sites is 2. The molecule has 15 heteroatoms. The first-order chi connectivity index (χ1) is 31.4. The van der Waals surface area contributed by atoms with Gasteiger partial charge in [0.1, 0.15) is 18.1 Å². The van der Waals surface area contributed by atoms with Gasteiger partial charge < -0.3 is 26.6 Å². The van der Waals surface area contributed by atoms with Crippen molar-refractivity contribution in [1.29, 1.82) is 0 Å². The second-order valence-corrected chi connectivity index (χ2v) is 17.5. The Morgan fingerprint density at radius 2 is 1.06 bits per heavy atom. The average molecular weight is 957 g/mol. The van der Waals surface area contributed by atoms with Gasteiger partial charge in [-0.05, 0) is 81.1 Å². The van der Waals surface area contributed by atoms with E-state index in [2.05, 4.69) is 26.6 Å². The van der Waals surface area contributed by atoms with Crippen molar-refractivity contribution < 1.29 is 28.8 Å². The number of carbonyl (C=O) groups is 6. The average Bonchev–Trinajstić information content (AvgIpc) is 3.91. The van der Waals surface area contributed by atoms with E-state index in [0.717, 1.165) is 22.3 Å². The highest BCUT2D eigenvalue weighted by Gasteiger charge is 2.43. The molecule has 7 atom stereocenters. The van der Waals surface area contributed by atoms with Gasteiger partial charge in [0.25, 0.3) is 0 Å². The van der Waals surface area contributed by atoms with Gasteiger partial charge in [-0.1, -0.05) is 130 Å². The summed E-state index contributed by atoms with van der Waals surface area (Å²) < 4.78 is 0. The molecule has 0 saturated carbocycles. The highest BCUT2D eigenvalue weighted by atomic mass is 35.5. The number of benzene rings is 4. The number of unbranched alkanes of at least 4 members (excludes halogenated alkanes) is 3. The zero-order valence-electron chi connectivity index (χ0n) is 39.2. The molecule has 2 aliphatic rings. The number of nitrogens with zero attached hydrogens (tertiary/aromatic N) is 2. The Hall–Kier alpha value is -5.60. The Balaban J connectivity index is 0.00000490. The molecule has 5 amide bonds. The topological polar surface area (TPSA) is 169 Å². The highest BCUT2D eigenvalue weighted by molar-refractivity contribution is 6.08. The number of ketones is 1. The van der Waals surface area contributed by atoms with Crippen LogP contribution in [-0.4, -0.2) is 86.2 Å². The van der Waals surface area contributed by atoms with Gasteiger partial charge in [0, 0.05) is 30.6 Å². The van der Waals surface area contributed by atoms with E-state index in [0.29, 0.717) is 62.7 Å². The maximum atomic E-state index is 14.7. The normalized spacial score (nSPS) is 17.0. The van der Waals surface area contributed by atoms with Gasteiger partial charge in [-0.15, -0.1) is 24.8 Å². The third-order valence-electron chi connectivity index (χ3n) is 12.8.